The molecule has 0 saturated carbocycles. The standard InChI is InChI=1S/C18H21NO2/c1-2-14(11-19)18(20)15-8-4-3-7-13(15)12-21-17-10-6-5-9-16(17)18/h3-10,14,20H,2,11-12,19H2,1H3. The van der Waals surface area contributed by atoms with Crippen LogP contribution >= 0.6 is 0 Å². The van der Waals surface area contributed by atoms with Gasteiger partial charge in [0.05, 0.1) is 0 Å². The average molecular weight is 283 g/mol. The molecule has 3 heteroatoms. The summed E-state index contributed by atoms with van der Waals surface area (Å²) in [7, 11) is 0. The zero-order chi connectivity index (χ0) is 14.9. The highest BCUT2D eigenvalue weighted by Crippen LogP contribution is 2.45. The molecule has 1 heterocycles. The van der Waals surface area contributed by atoms with Gasteiger partial charge in [0, 0.05) is 11.5 Å². The van der Waals surface area contributed by atoms with Crippen molar-refractivity contribution in [2.45, 2.75) is 25.6 Å². The van der Waals surface area contributed by atoms with Crippen LogP contribution in [-0.2, 0) is 12.2 Å². The van der Waals surface area contributed by atoms with E-state index in [0.29, 0.717) is 13.2 Å². The first-order valence-electron chi connectivity index (χ1n) is 7.45. The zero-order valence-electron chi connectivity index (χ0n) is 12.3. The van der Waals surface area contributed by atoms with Gasteiger partial charge in [0.15, 0.2) is 0 Å². The van der Waals surface area contributed by atoms with Gasteiger partial charge in [-0.2, -0.15) is 0 Å². The van der Waals surface area contributed by atoms with Gasteiger partial charge in [-0.3, -0.25) is 0 Å². The van der Waals surface area contributed by atoms with Gasteiger partial charge in [-0.1, -0.05) is 49.4 Å². The van der Waals surface area contributed by atoms with E-state index in [2.05, 4.69) is 6.92 Å². The lowest BCUT2D eigenvalue weighted by atomic mass is 9.73. The molecule has 3 N–H and O–H groups in total. The number of hydrogen-bond acceptors (Lipinski definition) is 3. The van der Waals surface area contributed by atoms with E-state index in [1.165, 1.54) is 0 Å². The first-order valence-corrected chi connectivity index (χ1v) is 7.45. The summed E-state index contributed by atoms with van der Waals surface area (Å²) < 4.78 is 5.91. The number of ether oxygens (including phenoxy) is 1. The molecule has 110 valence electrons. The monoisotopic (exact) mass is 283 g/mol. The third-order valence-corrected chi connectivity index (χ3v) is 4.48. The molecule has 0 aliphatic carbocycles. The fourth-order valence-corrected chi connectivity index (χ4v) is 3.30. The number of aliphatic hydroxyl groups is 1. The van der Waals surface area contributed by atoms with Crippen molar-refractivity contribution < 1.29 is 9.84 Å². The molecule has 2 atom stereocenters. The molecule has 1 aliphatic rings. The molecule has 3 rings (SSSR count). The smallest absolute Gasteiger partial charge is 0.126 e. The highest BCUT2D eigenvalue weighted by atomic mass is 16.5. The van der Waals surface area contributed by atoms with Crippen molar-refractivity contribution in [1.82, 2.24) is 0 Å². The predicted molar refractivity (Wildman–Crippen MR) is 83.1 cm³/mol. The Morgan fingerprint density at radius 1 is 1.14 bits per heavy atom. The lowest BCUT2D eigenvalue weighted by Crippen LogP contribution is -2.40. The fourth-order valence-electron chi connectivity index (χ4n) is 3.30. The molecule has 0 amide bonds. The number of rotatable bonds is 3. The molecule has 21 heavy (non-hydrogen) atoms. The first kappa shape index (κ1) is 14.1. The number of fused-ring (bicyclic) bond motifs is 2. The summed E-state index contributed by atoms with van der Waals surface area (Å²) in [6, 6.07) is 15.6. The Bertz CT molecular complexity index is 587. The Morgan fingerprint density at radius 2 is 1.81 bits per heavy atom. The quantitative estimate of drug-likeness (QED) is 0.910. The number of nitrogens with two attached hydrogens (primary N) is 1. The van der Waals surface area contributed by atoms with Crippen LogP contribution in [0.1, 0.15) is 30.0 Å². The van der Waals surface area contributed by atoms with Crippen molar-refractivity contribution in [1.29, 1.82) is 0 Å². The molecule has 2 unspecified atom stereocenters. The first-order chi connectivity index (χ1) is 10.2. The summed E-state index contributed by atoms with van der Waals surface area (Å²) in [5.74, 6) is 0.685. The average Bonchev–Trinajstić information content (AvgIpc) is 2.66. The minimum absolute atomic E-state index is 0.0542. The third kappa shape index (κ3) is 2.13. The van der Waals surface area contributed by atoms with E-state index in [-0.39, 0.29) is 5.92 Å². The van der Waals surface area contributed by atoms with Crippen LogP contribution in [-0.4, -0.2) is 11.7 Å². The van der Waals surface area contributed by atoms with Gasteiger partial charge in [-0.05, 0) is 30.2 Å². The van der Waals surface area contributed by atoms with Crippen LogP contribution in [0.25, 0.3) is 0 Å². The summed E-state index contributed by atoms with van der Waals surface area (Å²) in [5, 5.41) is 11.7. The van der Waals surface area contributed by atoms with Crippen molar-refractivity contribution in [3.63, 3.8) is 0 Å². The van der Waals surface area contributed by atoms with E-state index in [9.17, 15) is 5.11 Å². The summed E-state index contributed by atoms with van der Waals surface area (Å²) in [5.41, 5.74) is 7.60. The Labute approximate surface area is 125 Å². The number of hydrogen-bond donors (Lipinski definition) is 2. The van der Waals surface area contributed by atoms with Crippen LogP contribution in [0.3, 0.4) is 0 Å². The second kappa shape index (κ2) is 5.51. The minimum atomic E-state index is -1.10. The van der Waals surface area contributed by atoms with Crippen molar-refractivity contribution in [3.05, 3.63) is 65.2 Å². The summed E-state index contributed by atoms with van der Waals surface area (Å²) in [4.78, 5) is 0. The van der Waals surface area contributed by atoms with Crippen LogP contribution in [0.15, 0.2) is 48.5 Å². The van der Waals surface area contributed by atoms with Crippen LogP contribution in [0.2, 0.25) is 0 Å². The summed E-state index contributed by atoms with van der Waals surface area (Å²) >= 11 is 0. The van der Waals surface area contributed by atoms with Gasteiger partial charge in [0.2, 0.25) is 0 Å². The zero-order valence-corrected chi connectivity index (χ0v) is 12.3. The van der Waals surface area contributed by atoms with Gasteiger partial charge in [-0.15, -0.1) is 0 Å². The SMILES string of the molecule is CCC(CN)C1(O)c2ccccc2COc2ccccc21. The second-order valence-corrected chi connectivity index (χ2v) is 5.55. The van der Waals surface area contributed by atoms with Crippen molar-refractivity contribution in [2.75, 3.05) is 6.54 Å². The lowest BCUT2D eigenvalue weighted by Gasteiger charge is -2.36. The fraction of sp³-hybridized carbons (Fsp3) is 0.333. The van der Waals surface area contributed by atoms with E-state index in [1.807, 2.05) is 48.5 Å². The van der Waals surface area contributed by atoms with E-state index >= 15 is 0 Å². The molecule has 2 aromatic rings. The molecular weight excluding hydrogens is 262 g/mol. The van der Waals surface area contributed by atoms with E-state index in [4.69, 9.17) is 10.5 Å². The molecule has 3 nitrogen and oxygen atoms in total. The Morgan fingerprint density at radius 3 is 2.52 bits per heavy atom. The highest BCUT2D eigenvalue weighted by Gasteiger charge is 2.43. The molecule has 0 bridgehead atoms. The van der Waals surface area contributed by atoms with Gasteiger partial charge < -0.3 is 15.6 Å². The Hall–Kier alpha value is -1.84. The van der Waals surface area contributed by atoms with E-state index in [0.717, 1.165) is 28.9 Å². The van der Waals surface area contributed by atoms with E-state index < -0.39 is 5.60 Å². The molecule has 2 aromatic carbocycles. The largest absolute Gasteiger partial charge is 0.488 e. The maximum atomic E-state index is 11.7. The maximum Gasteiger partial charge on any atom is 0.126 e. The maximum absolute atomic E-state index is 11.7. The van der Waals surface area contributed by atoms with Crippen LogP contribution in [0, 0.1) is 5.92 Å². The topological polar surface area (TPSA) is 55.5 Å². The Balaban J connectivity index is 2.29. The van der Waals surface area contributed by atoms with Crippen LogP contribution < -0.4 is 10.5 Å². The highest BCUT2D eigenvalue weighted by molar-refractivity contribution is 5.49. The van der Waals surface area contributed by atoms with Crippen LogP contribution in [0.4, 0.5) is 0 Å². The Kier molecular flexibility index (Phi) is 3.70. The van der Waals surface area contributed by atoms with Crippen LogP contribution in [0.5, 0.6) is 5.75 Å². The molecule has 0 radical (unpaired) electrons. The van der Waals surface area contributed by atoms with Crippen molar-refractivity contribution in [2.24, 2.45) is 11.7 Å². The predicted octanol–water partition coefficient (Wildman–Crippen LogP) is 2.80. The molecule has 0 spiro atoms. The van der Waals surface area contributed by atoms with Gasteiger partial charge >= 0.3 is 0 Å². The lowest BCUT2D eigenvalue weighted by molar-refractivity contribution is 0.0175. The normalized spacial score (nSPS) is 21.7. The summed E-state index contributed by atoms with van der Waals surface area (Å²) in [6.45, 7) is 2.96. The second-order valence-electron chi connectivity index (χ2n) is 5.55. The molecular formula is C18H21NO2. The van der Waals surface area contributed by atoms with Gasteiger partial charge in [-0.25, -0.2) is 0 Å². The van der Waals surface area contributed by atoms with Crippen molar-refractivity contribution >= 4 is 0 Å². The summed E-state index contributed by atoms with van der Waals surface area (Å²) in [6.07, 6.45) is 0.801. The van der Waals surface area contributed by atoms with Gasteiger partial charge in [0.1, 0.15) is 18.0 Å². The number of para-hydroxylation sites is 1. The minimum Gasteiger partial charge on any atom is -0.488 e. The van der Waals surface area contributed by atoms with Gasteiger partial charge in [0.25, 0.3) is 0 Å². The third-order valence-electron chi connectivity index (χ3n) is 4.48. The molecule has 1 aliphatic heterocycles. The molecule has 0 aromatic heterocycles. The van der Waals surface area contributed by atoms with Crippen molar-refractivity contribution in [3.8, 4) is 5.75 Å². The number of benzene rings is 2. The molecule has 0 saturated heterocycles. The van der Waals surface area contributed by atoms with E-state index in [1.54, 1.807) is 0 Å². The molecule has 0 fully saturated rings.